The van der Waals surface area contributed by atoms with Gasteiger partial charge in [-0.05, 0) is 35.6 Å². The molecule has 2 heterocycles. The van der Waals surface area contributed by atoms with Gasteiger partial charge in [-0.3, -0.25) is 9.59 Å². The fourth-order valence-corrected chi connectivity index (χ4v) is 3.86. The number of anilines is 2. The number of thioether (sulfide) groups is 2. The van der Waals surface area contributed by atoms with Crippen molar-refractivity contribution in [3.63, 3.8) is 0 Å². The summed E-state index contributed by atoms with van der Waals surface area (Å²) in [5.74, 6) is 0.277. The molecule has 12 heteroatoms. The minimum absolute atomic E-state index is 0.147. The van der Waals surface area contributed by atoms with Crippen LogP contribution in [0.25, 0.3) is 11.5 Å². The van der Waals surface area contributed by atoms with Gasteiger partial charge in [0.25, 0.3) is 0 Å². The molecule has 0 unspecified atom stereocenters. The van der Waals surface area contributed by atoms with Gasteiger partial charge in [-0.15, -0.1) is 22.0 Å². The molecule has 1 aromatic carbocycles. The number of hydrogen-bond donors (Lipinski definition) is 2. The van der Waals surface area contributed by atoms with Crippen LogP contribution in [-0.4, -0.2) is 48.9 Å². The van der Waals surface area contributed by atoms with Crippen LogP contribution in [0.3, 0.4) is 0 Å². The van der Waals surface area contributed by atoms with E-state index in [-0.39, 0.29) is 29.1 Å². The van der Waals surface area contributed by atoms with Crippen LogP contribution in [0.2, 0.25) is 0 Å². The minimum Gasteiger partial charge on any atom is -0.324 e. The molecule has 0 aliphatic carbocycles. The van der Waals surface area contributed by atoms with Gasteiger partial charge in [0.2, 0.25) is 17.6 Å². The first-order valence-corrected chi connectivity index (χ1v) is 10.8. The highest BCUT2D eigenvalue weighted by Crippen LogP contribution is 2.28. The number of aromatic nitrogens is 5. The molecule has 152 valence electrons. The lowest BCUT2D eigenvalue weighted by Crippen LogP contribution is -2.15. The van der Waals surface area contributed by atoms with Crippen LogP contribution in [0.4, 0.5) is 11.5 Å². The molecule has 0 aliphatic heterocycles. The zero-order valence-corrected chi connectivity index (χ0v) is 17.6. The lowest BCUT2D eigenvalue weighted by atomic mass is 10.3. The second kappa shape index (κ2) is 9.56. The standard InChI is InChI=1S/C17H19N7O3S2/c1-4-24-16(14-15(18-10(2)25)23-27-22-14)20-21-17(24)29-9-13(26)19-11-7-5-6-8-12(11)28-3/h5-8H,4,9H2,1-3H3,(H,19,26)(H,18,23,25). The Labute approximate surface area is 175 Å². The number of carbonyl (C=O) groups excluding carboxylic acids is 2. The van der Waals surface area contributed by atoms with E-state index in [4.69, 9.17) is 4.63 Å². The normalized spacial score (nSPS) is 10.7. The highest BCUT2D eigenvalue weighted by molar-refractivity contribution is 7.99. The molecule has 0 spiro atoms. The Morgan fingerprint density at radius 3 is 2.69 bits per heavy atom. The van der Waals surface area contributed by atoms with Gasteiger partial charge in [-0.25, -0.2) is 4.63 Å². The summed E-state index contributed by atoms with van der Waals surface area (Å²) in [6.07, 6.45) is 1.96. The monoisotopic (exact) mass is 433 g/mol. The van der Waals surface area contributed by atoms with Gasteiger partial charge in [0.05, 0.1) is 11.4 Å². The summed E-state index contributed by atoms with van der Waals surface area (Å²) in [5.41, 5.74) is 1.05. The molecule has 0 saturated heterocycles. The van der Waals surface area contributed by atoms with Gasteiger partial charge < -0.3 is 15.2 Å². The van der Waals surface area contributed by atoms with Gasteiger partial charge in [-0.1, -0.05) is 23.9 Å². The van der Waals surface area contributed by atoms with E-state index in [1.165, 1.54) is 18.7 Å². The Kier molecular flexibility index (Phi) is 6.88. The predicted molar refractivity (Wildman–Crippen MR) is 111 cm³/mol. The van der Waals surface area contributed by atoms with Crippen molar-refractivity contribution >= 4 is 46.8 Å². The topological polar surface area (TPSA) is 128 Å². The van der Waals surface area contributed by atoms with Crippen LogP contribution in [-0.2, 0) is 16.1 Å². The third kappa shape index (κ3) is 4.95. The number of amides is 2. The number of nitrogens with zero attached hydrogens (tertiary/aromatic N) is 5. The Morgan fingerprint density at radius 2 is 1.97 bits per heavy atom. The first-order valence-electron chi connectivity index (χ1n) is 8.62. The van der Waals surface area contributed by atoms with Crippen LogP contribution < -0.4 is 10.6 Å². The van der Waals surface area contributed by atoms with E-state index < -0.39 is 0 Å². The summed E-state index contributed by atoms with van der Waals surface area (Å²) in [5, 5.41) is 21.8. The van der Waals surface area contributed by atoms with E-state index in [2.05, 4.69) is 31.1 Å². The maximum absolute atomic E-state index is 12.4. The maximum Gasteiger partial charge on any atom is 0.234 e. The number of hydrogen-bond acceptors (Lipinski definition) is 9. The van der Waals surface area contributed by atoms with E-state index in [9.17, 15) is 9.59 Å². The molecule has 0 bridgehead atoms. The first kappa shape index (κ1) is 20.9. The molecule has 2 N–H and O–H groups in total. The zero-order chi connectivity index (χ0) is 20.8. The lowest BCUT2D eigenvalue weighted by Gasteiger charge is -2.09. The van der Waals surface area contributed by atoms with Crippen molar-refractivity contribution in [1.29, 1.82) is 0 Å². The fourth-order valence-electron chi connectivity index (χ4n) is 2.50. The van der Waals surface area contributed by atoms with Crippen molar-refractivity contribution in [2.75, 3.05) is 22.6 Å². The molecular formula is C17H19N7O3S2. The summed E-state index contributed by atoms with van der Waals surface area (Å²) >= 11 is 2.82. The molecule has 3 rings (SSSR count). The summed E-state index contributed by atoms with van der Waals surface area (Å²) in [4.78, 5) is 24.7. The predicted octanol–water partition coefficient (Wildman–Crippen LogP) is 2.76. The van der Waals surface area contributed by atoms with Gasteiger partial charge >= 0.3 is 0 Å². The third-order valence-corrected chi connectivity index (χ3v) is 5.50. The SMILES string of the molecule is CCn1c(SCC(=O)Nc2ccccc2SC)nnc1-c1nonc1NC(C)=O. The van der Waals surface area contributed by atoms with Crippen molar-refractivity contribution in [3.8, 4) is 11.5 Å². The average Bonchev–Trinajstić information content (AvgIpc) is 3.32. The molecule has 10 nitrogen and oxygen atoms in total. The maximum atomic E-state index is 12.4. The molecule has 0 aliphatic rings. The number of rotatable bonds is 8. The molecule has 2 amide bonds. The van der Waals surface area contributed by atoms with Crippen LogP contribution >= 0.6 is 23.5 Å². The van der Waals surface area contributed by atoms with Gasteiger partial charge in [0, 0.05) is 18.4 Å². The van der Waals surface area contributed by atoms with E-state index in [0.29, 0.717) is 17.5 Å². The van der Waals surface area contributed by atoms with Gasteiger partial charge in [-0.2, -0.15) is 0 Å². The van der Waals surface area contributed by atoms with Gasteiger partial charge in [0.1, 0.15) is 0 Å². The summed E-state index contributed by atoms with van der Waals surface area (Å²) < 4.78 is 6.50. The van der Waals surface area contributed by atoms with Crippen molar-refractivity contribution in [3.05, 3.63) is 24.3 Å². The smallest absolute Gasteiger partial charge is 0.234 e. The molecule has 0 radical (unpaired) electrons. The highest BCUT2D eigenvalue weighted by Gasteiger charge is 2.22. The first-order chi connectivity index (χ1) is 14.0. The Hall–Kier alpha value is -2.86. The third-order valence-electron chi connectivity index (χ3n) is 3.74. The number of para-hydroxylation sites is 1. The van der Waals surface area contributed by atoms with Crippen LogP contribution in [0.15, 0.2) is 38.9 Å². The van der Waals surface area contributed by atoms with E-state index in [1.54, 1.807) is 16.3 Å². The molecule has 29 heavy (non-hydrogen) atoms. The Morgan fingerprint density at radius 1 is 1.17 bits per heavy atom. The largest absolute Gasteiger partial charge is 0.324 e. The summed E-state index contributed by atoms with van der Waals surface area (Å²) in [7, 11) is 0. The van der Waals surface area contributed by atoms with Crippen molar-refractivity contribution in [2.45, 2.75) is 30.4 Å². The quantitative estimate of drug-likeness (QED) is 0.515. The highest BCUT2D eigenvalue weighted by atomic mass is 32.2. The second-order valence-electron chi connectivity index (χ2n) is 5.73. The Balaban J connectivity index is 1.72. The fraction of sp³-hybridized carbons (Fsp3) is 0.294. The molecule has 2 aromatic heterocycles. The molecule has 3 aromatic rings. The Bertz CT molecular complexity index is 1020. The van der Waals surface area contributed by atoms with Gasteiger partial charge in [0.15, 0.2) is 16.7 Å². The number of benzene rings is 1. The van der Waals surface area contributed by atoms with Crippen LogP contribution in [0, 0.1) is 0 Å². The van der Waals surface area contributed by atoms with Crippen molar-refractivity contribution in [1.82, 2.24) is 25.1 Å². The average molecular weight is 434 g/mol. The molecule has 0 atom stereocenters. The van der Waals surface area contributed by atoms with Crippen LogP contribution in [0.5, 0.6) is 0 Å². The van der Waals surface area contributed by atoms with E-state index in [0.717, 1.165) is 10.6 Å². The summed E-state index contributed by atoms with van der Waals surface area (Å²) in [6.45, 7) is 3.81. The summed E-state index contributed by atoms with van der Waals surface area (Å²) in [6, 6.07) is 7.62. The lowest BCUT2D eigenvalue weighted by molar-refractivity contribution is -0.114. The number of carbonyl (C=O) groups is 2. The number of nitrogens with one attached hydrogen (secondary N) is 2. The van der Waals surface area contributed by atoms with Crippen molar-refractivity contribution in [2.24, 2.45) is 0 Å². The van der Waals surface area contributed by atoms with Crippen LogP contribution in [0.1, 0.15) is 13.8 Å². The molecule has 0 saturated carbocycles. The second-order valence-corrected chi connectivity index (χ2v) is 7.52. The minimum atomic E-state index is -0.304. The molecular weight excluding hydrogens is 414 g/mol. The van der Waals surface area contributed by atoms with Crippen molar-refractivity contribution < 1.29 is 14.2 Å². The van der Waals surface area contributed by atoms with E-state index in [1.807, 2.05) is 37.4 Å². The zero-order valence-electron chi connectivity index (χ0n) is 16.0. The molecule has 0 fully saturated rings. The van der Waals surface area contributed by atoms with E-state index >= 15 is 0 Å².